The molecular weight excluding hydrogens is 546 g/mol. The molecule has 1 aliphatic carbocycles. The van der Waals surface area contributed by atoms with E-state index >= 15 is 4.39 Å². The van der Waals surface area contributed by atoms with Crippen LogP contribution in [0.2, 0.25) is 5.02 Å². The first-order chi connectivity index (χ1) is 19.8. The van der Waals surface area contributed by atoms with Gasteiger partial charge in [0.25, 0.3) is 0 Å². The summed E-state index contributed by atoms with van der Waals surface area (Å²) < 4.78 is 31.0. The molecule has 0 spiro atoms. The second kappa shape index (κ2) is 9.22. The van der Waals surface area contributed by atoms with Gasteiger partial charge in [0.15, 0.2) is 5.82 Å². The van der Waals surface area contributed by atoms with E-state index in [-0.39, 0.29) is 34.7 Å². The molecule has 6 atom stereocenters. The first kappa shape index (κ1) is 25.6. The molecule has 4 aliphatic heterocycles. The lowest BCUT2D eigenvalue weighted by molar-refractivity contribution is 0.255. The maximum absolute atomic E-state index is 16.6. The highest BCUT2D eigenvalue weighted by atomic mass is 35.5. The second-order valence-electron chi connectivity index (χ2n) is 12.5. The number of hydrogen-bond donors (Lipinski definition) is 2. The number of fused-ring (bicyclic) bond motifs is 4. The van der Waals surface area contributed by atoms with Crippen molar-refractivity contribution in [2.24, 2.45) is 5.92 Å². The van der Waals surface area contributed by atoms with E-state index < -0.39 is 17.5 Å². The number of pyridine rings is 1. The smallest absolute Gasteiger partial charge is 0.207 e. The second-order valence-corrected chi connectivity index (χ2v) is 12.9. The molecule has 0 unspecified atom stereocenters. The van der Waals surface area contributed by atoms with E-state index in [0.717, 1.165) is 50.9 Å². The Balaban J connectivity index is 1.30. The van der Waals surface area contributed by atoms with Crippen LogP contribution in [0.15, 0.2) is 18.3 Å². The Bertz CT molecular complexity index is 1660. The van der Waals surface area contributed by atoms with Gasteiger partial charge >= 0.3 is 0 Å². The van der Waals surface area contributed by atoms with Crippen molar-refractivity contribution >= 4 is 28.3 Å². The van der Waals surface area contributed by atoms with Crippen molar-refractivity contribution < 1.29 is 13.9 Å². The molecule has 8 rings (SSSR count). The number of alkyl halides is 1. The number of anilines is 1. The molecule has 5 aliphatic rings. The van der Waals surface area contributed by atoms with Gasteiger partial charge in [0.1, 0.15) is 28.9 Å². The van der Waals surface area contributed by atoms with Gasteiger partial charge < -0.3 is 15.3 Å². The number of phenolic OH excluding ortho intramolecular Hbond substituents is 1. The molecule has 5 fully saturated rings. The minimum atomic E-state index is -0.895. The highest BCUT2D eigenvalue weighted by Crippen LogP contribution is 2.53. The van der Waals surface area contributed by atoms with Gasteiger partial charge in [-0.3, -0.25) is 9.88 Å². The van der Waals surface area contributed by atoms with Crippen LogP contribution < -0.4 is 10.2 Å². The zero-order chi connectivity index (χ0) is 28.0. The summed E-state index contributed by atoms with van der Waals surface area (Å²) in [7, 11) is 0. The number of piperazine rings is 1. The van der Waals surface area contributed by atoms with Crippen LogP contribution in [0, 0.1) is 23.6 Å². The summed E-state index contributed by atoms with van der Waals surface area (Å²) >= 11 is 6.59. The van der Waals surface area contributed by atoms with Crippen LogP contribution in [0.3, 0.4) is 0 Å². The molecule has 2 N–H and O–H groups in total. The fraction of sp³-hybridized carbons (Fsp3) is 0.516. The quantitative estimate of drug-likeness (QED) is 0.434. The van der Waals surface area contributed by atoms with Crippen molar-refractivity contribution in [3.8, 4) is 28.8 Å². The van der Waals surface area contributed by atoms with Crippen LogP contribution >= 0.6 is 11.6 Å². The summed E-state index contributed by atoms with van der Waals surface area (Å²) in [5, 5.41) is 14.8. The van der Waals surface area contributed by atoms with Crippen LogP contribution in [-0.2, 0) is 0 Å². The molecule has 2 bridgehead atoms. The van der Waals surface area contributed by atoms with E-state index in [1.54, 1.807) is 12.3 Å². The van der Waals surface area contributed by atoms with E-state index in [1.165, 1.54) is 6.07 Å². The summed E-state index contributed by atoms with van der Waals surface area (Å²) in [6, 6.07) is 3.66. The van der Waals surface area contributed by atoms with Crippen molar-refractivity contribution in [3.05, 3.63) is 40.6 Å². The molecular formula is C31H31ClF2N6O. The van der Waals surface area contributed by atoms with Crippen molar-refractivity contribution in [2.75, 3.05) is 31.1 Å². The molecule has 212 valence electrons. The first-order valence-electron chi connectivity index (χ1n) is 14.6. The minimum Gasteiger partial charge on any atom is -0.508 e. The summed E-state index contributed by atoms with van der Waals surface area (Å²) in [6.07, 6.45) is 4.86. The van der Waals surface area contributed by atoms with Gasteiger partial charge in [-0.05, 0) is 67.7 Å². The van der Waals surface area contributed by atoms with Gasteiger partial charge in [-0.15, -0.1) is 0 Å². The van der Waals surface area contributed by atoms with Gasteiger partial charge in [-0.2, -0.15) is 0 Å². The number of hydrogen-bond acceptors (Lipinski definition) is 7. The number of phenols is 1. The molecule has 1 saturated carbocycles. The van der Waals surface area contributed by atoms with Crippen molar-refractivity contribution in [1.82, 2.24) is 25.2 Å². The van der Waals surface area contributed by atoms with Crippen LogP contribution in [0.25, 0.3) is 22.2 Å². The topological polar surface area (TPSA) is 77.4 Å². The fourth-order valence-electron chi connectivity index (χ4n) is 7.69. The normalized spacial score (nSPS) is 32.0. The van der Waals surface area contributed by atoms with Crippen molar-refractivity contribution in [1.29, 1.82) is 0 Å². The monoisotopic (exact) mass is 576 g/mol. The SMILES string of the molecule is C[C@@H]1C[C@H]1c1c(Cl)cc(O)cc1-c1ncc2c(N3C[C@@H]4C[C@H]3CN4)nc(C#C[C@@]34CCCN3C[C@H](F)C4)nc2c1F. The van der Waals surface area contributed by atoms with E-state index in [4.69, 9.17) is 16.6 Å². The van der Waals surface area contributed by atoms with Crippen LogP contribution in [0.5, 0.6) is 5.75 Å². The highest BCUT2D eigenvalue weighted by molar-refractivity contribution is 6.32. The van der Waals surface area contributed by atoms with Gasteiger partial charge in [-0.25, -0.2) is 18.7 Å². The lowest BCUT2D eigenvalue weighted by Crippen LogP contribution is -2.44. The first-order valence-corrected chi connectivity index (χ1v) is 15.0. The third kappa shape index (κ3) is 4.10. The maximum Gasteiger partial charge on any atom is 0.207 e. The Morgan fingerprint density at radius 3 is 2.83 bits per heavy atom. The fourth-order valence-corrected chi connectivity index (χ4v) is 8.05. The predicted molar refractivity (Wildman–Crippen MR) is 153 cm³/mol. The molecule has 6 heterocycles. The third-order valence-corrected chi connectivity index (χ3v) is 10.2. The Morgan fingerprint density at radius 1 is 1.22 bits per heavy atom. The average Bonchev–Trinajstić information content (AvgIpc) is 3.36. The Morgan fingerprint density at radius 2 is 2.07 bits per heavy atom. The van der Waals surface area contributed by atoms with Crippen molar-refractivity contribution in [3.63, 3.8) is 0 Å². The lowest BCUT2D eigenvalue weighted by atomic mass is 9.94. The standard InChI is InChI=1S/C31H31ClF2N6O/c1-16-7-21(16)26-22(9-20(41)10-24(26)32)28-27(34)29-23(13-36-28)30(40-15-18-8-19(40)12-35-18)38-25(37-29)3-5-31-4-2-6-39(31)14-17(33)11-31/h9-10,13,16-19,21,35,41H,2,4,6-8,11-12,14-15H2,1H3/t16-,17-,18+,19+,21-,31-/m1/s1. The molecule has 1 aromatic carbocycles. The molecule has 41 heavy (non-hydrogen) atoms. The molecule has 7 nitrogen and oxygen atoms in total. The van der Waals surface area contributed by atoms with Crippen LogP contribution in [0.4, 0.5) is 14.6 Å². The van der Waals surface area contributed by atoms with Gasteiger partial charge in [0.05, 0.1) is 10.9 Å². The molecule has 2 aromatic heterocycles. The van der Waals surface area contributed by atoms with Gasteiger partial charge in [-0.1, -0.05) is 24.4 Å². The molecule has 10 heteroatoms. The van der Waals surface area contributed by atoms with E-state index in [0.29, 0.717) is 46.7 Å². The molecule has 4 saturated heterocycles. The number of benzene rings is 1. The number of nitrogens with one attached hydrogen (secondary N) is 1. The number of aromatic nitrogens is 3. The third-order valence-electron chi connectivity index (χ3n) is 9.85. The largest absolute Gasteiger partial charge is 0.508 e. The lowest BCUT2D eigenvalue weighted by Gasteiger charge is -2.29. The number of aromatic hydroxyl groups is 1. The summed E-state index contributed by atoms with van der Waals surface area (Å²) in [6.45, 7) is 4.97. The molecule has 0 radical (unpaired) electrons. The number of rotatable bonds is 3. The van der Waals surface area contributed by atoms with Crippen LogP contribution in [-0.4, -0.2) is 74.9 Å². The summed E-state index contributed by atoms with van der Waals surface area (Å²) in [5.74, 6) is 7.32. The molecule has 0 amide bonds. The zero-order valence-electron chi connectivity index (χ0n) is 22.8. The van der Waals surface area contributed by atoms with Crippen LogP contribution in [0.1, 0.15) is 56.3 Å². The van der Waals surface area contributed by atoms with E-state index in [1.807, 2.05) is 0 Å². The molecule has 3 aromatic rings. The summed E-state index contributed by atoms with van der Waals surface area (Å²) in [5.41, 5.74) is 1.04. The van der Waals surface area contributed by atoms with Gasteiger partial charge in [0.2, 0.25) is 5.82 Å². The number of halogens is 3. The minimum absolute atomic E-state index is 0.0398. The van der Waals surface area contributed by atoms with E-state index in [2.05, 4.69) is 43.8 Å². The summed E-state index contributed by atoms with van der Waals surface area (Å²) in [4.78, 5) is 18.4. The van der Waals surface area contributed by atoms with Gasteiger partial charge in [0, 0.05) is 54.9 Å². The van der Waals surface area contributed by atoms with E-state index in [9.17, 15) is 9.50 Å². The predicted octanol–water partition coefficient (Wildman–Crippen LogP) is 4.79. The Hall–Kier alpha value is -3.06. The Kier molecular flexibility index (Phi) is 5.76. The van der Waals surface area contributed by atoms with Crippen molar-refractivity contribution in [2.45, 2.75) is 68.7 Å². The average molecular weight is 577 g/mol. The Labute approximate surface area is 242 Å². The highest BCUT2D eigenvalue weighted by Gasteiger charge is 2.48. The number of nitrogens with zero attached hydrogens (tertiary/aromatic N) is 5. The maximum atomic E-state index is 16.6. The zero-order valence-corrected chi connectivity index (χ0v) is 23.6.